The van der Waals surface area contributed by atoms with Crippen molar-refractivity contribution in [1.29, 1.82) is 0 Å². The number of nitrogens with zero attached hydrogens (tertiary/aromatic N) is 1. The molecule has 152 valence electrons. The lowest BCUT2D eigenvalue weighted by Crippen LogP contribution is -2.47. The summed E-state index contributed by atoms with van der Waals surface area (Å²) in [4.78, 5) is 23.6. The largest absolute Gasteiger partial charge is 0.481 e. The number of aliphatic hydroxyl groups excluding tert-OH is 1. The molecule has 0 aliphatic heterocycles. The standard InChI is InChI=1S/C18H28N2O3.C2H4O2/c1-13-5-3-4-6-15(13)12-20(9-10-21)18(22)14-7-8-17(23-2)16(19)11-14;1-2(3)4/h3-6,14,16-17,21H,7-12,19H2,1-2H3;1H3,(H,3,4)/t14-,16+,17+;/m0./s1. The number of benzene rings is 1. The van der Waals surface area contributed by atoms with Crippen molar-refractivity contribution < 1.29 is 24.5 Å². The van der Waals surface area contributed by atoms with Crippen LogP contribution in [0.3, 0.4) is 0 Å². The van der Waals surface area contributed by atoms with Crippen molar-refractivity contribution in [3.63, 3.8) is 0 Å². The third-order valence-corrected chi connectivity index (χ3v) is 4.79. The van der Waals surface area contributed by atoms with Crippen LogP contribution in [-0.4, -0.2) is 59.4 Å². The minimum absolute atomic E-state index is 0.0307. The quantitative estimate of drug-likeness (QED) is 0.690. The van der Waals surface area contributed by atoms with Gasteiger partial charge in [-0.1, -0.05) is 24.3 Å². The fourth-order valence-electron chi connectivity index (χ4n) is 3.33. The lowest BCUT2D eigenvalue weighted by molar-refractivity contribution is -0.139. The number of amides is 1. The van der Waals surface area contributed by atoms with Crippen LogP contribution in [0.4, 0.5) is 0 Å². The van der Waals surface area contributed by atoms with E-state index in [0.717, 1.165) is 30.9 Å². The molecule has 4 N–H and O–H groups in total. The molecule has 1 amide bonds. The summed E-state index contributed by atoms with van der Waals surface area (Å²) >= 11 is 0. The molecule has 2 rings (SSSR count). The van der Waals surface area contributed by atoms with Gasteiger partial charge in [-0.25, -0.2) is 0 Å². The highest BCUT2D eigenvalue weighted by atomic mass is 16.5. The Morgan fingerprint density at radius 2 is 1.93 bits per heavy atom. The van der Waals surface area contributed by atoms with Crippen LogP contribution in [0.25, 0.3) is 0 Å². The summed E-state index contributed by atoms with van der Waals surface area (Å²) < 4.78 is 5.36. The Morgan fingerprint density at radius 3 is 2.44 bits per heavy atom. The van der Waals surface area contributed by atoms with Crippen molar-refractivity contribution in [2.45, 2.75) is 51.8 Å². The molecule has 0 spiro atoms. The van der Waals surface area contributed by atoms with Gasteiger partial charge in [0.1, 0.15) is 0 Å². The van der Waals surface area contributed by atoms with Gasteiger partial charge in [-0.2, -0.15) is 0 Å². The van der Waals surface area contributed by atoms with Gasteiger partial charge in [-0.05, 0) is 37.3 Å². The minimum atomic E-state index is -0.833. The van der Waals surface area contributed by atoms with E-state index in [0.29, 0.717) is 19.5 Å². The van der Waals surface area contributed by atoms with Crippen LogP contribution in [0, 0.1) is 12.8 Å². The Morgan fingerprint density at radius 1 is 1.30 bits per heavy atom. The normalized spacial score (nSPS) is 21.7. The molecule has 3 atom stereocenters. The van der Waals surface area contributed by atoms with E-state index in [2.05, 4.69) is 0 Å². The van der Waals surface area contributed by atoms with E-state index < -0.39 is 5.97 Å². The van der Waals surface area contributed by atoms with E-state index in [-0.39, 0.29) is 30.6 Å². The van der Waals surface area contributed by atoms with E-state index in [9.17, 15) is 9.90 Å². The molecule has 0 aromatic heterocycles. The summed E-state index contributed by atoms with van der Waals surface area (Å²) in [6, 6.07) is 7.93. The number of carbonyl (C=O) groups excluding carboxylic acids is 1. The van der Waals surface area contributed by atoms with E-state index in [1.54, 1.807) is 12.0 Å². The first-order chi connectivity index (χ1) is 12.8. The van der Waals surface area contributed by atoms with E-state index in [1.165, 1.54) is 0 Å². The number of methoxy groups -OCH3 is 1. The highest BCUT2D eigenvalue weighted by molar-refractivity contribution is 5.79. The monoisotopic (exact) mass is 380 g/mol. The van der Waals surface area contributed by atoms with Gasteiger partial charge in [0.25, 0.3) is 5.97 Å². The highest BCUT2D eigenvalue weighted by Gasteiger charge is 2.34. The lowest BCUT2D eigenvalue weighted by Gasteiger charge is -2.35. The SMILES string of the molecule is CC(=O)O.CO[C@@H]1CC[C@H](C(=O)N(CCO)Cc2ccccc2C)C[C@H]1N. The van der Waals surface area contributed by atoms with E-state index >= 15 is 0 Å². The number of hydrogen-bond acceptors (Lipinski definition) is 5. The van der Waals surface area contributed by atoms with Gasteiger partial charge in [-0.3, -0.25) is 9.59 Å². The maximum absolute atomic E-state index is 12.9. The van der Waals surface area contributed by atoms with Gasteiger partial charge in [-0.15, -0.1) is 0 Å². The van der Waals surface area contributed by atoms with Gasteiger partial charge in [0.05, 0.1) is 12.7 Å². The van der Waals surface area contributed by atoms with Crippen molar-refractivity contribution in [2.24, 2.45) is 11.7 Å². The summed E-state index contributed by atoms with van der Waals surface area (Å²) in [6.07, 6.45) is 2.29. The molecule has 7 heteroatoms. The van der Waals surface area contributed by atoms with Crippen molar-refractivity contribution in [2.75, 3.05) is 20.3 Å². The fraction of sp³-hybridized carbons (Fsp3) is 0.600. The number of aliphatic hydroxyl groups is 1. The van der Waals surface area contributed by atoms with Gasteiger partial charge in [0.2, 0.25) is 5.91 Å². The second-order valence-electron chi connectivity index (χ2n) is 6.88. The molecule has 0 heterocycles. The first-order valence-electron chi connectivity index (χ1n) is 9.22. The highest BCUT2D eigenvalue weighted by Crippen LogP contribution is 2.27. The average molecular weight is 380 g/mol. The number of aryl methyl sites for hydroxylation is 1. The summed E-state index contributed by atoms with van der Waals surface area (Å²) in [7, 11) is 1.67. The molecule has 27 heavy (non-hydrogen) atoms. The number of carboxylic acids is 1. The Labute approximate surface area is 161 Å². The summed E-state index contributed by atoms with van der Waals surface area (Å²) in [5.74, 6) is -0.820. The minimum Gasteiger partial charge on any atom is -0.481 e. The van der Waals surface area contributed by atoms with Crippen molar-refractivity contribution >= 4 is 11.9 Å². The third-order valence-electron chi connectivity index (χ3n) is 4.79. The zero-order chi connectivity index (χ0) is 20.4. The van der Waals surface area contributed by atoms with Crippen molar-refractivity contribution in [3.05, 3.63) is 35.4 Å². The number of hydrogen-bond donors (Lipinski definition) is 3. The molecule has 1 aliphatic carbocycles. The maximum Gasteiger partial charge on any atom is 0.300 e. The zero-order valence-corrected chi connectivity index (χ0v) is 16.4. The second-order valence-corrected chi connectivity index (χ2v) is 6.88. The van der Waals surface area contributed by atoms with Crippen LogP contribution in [0.15, 0.2) is 24.3 Å². The predicted octanol–water partition coefficient (Wildman–Crippen LogP) is 1.55. The van der Waals surface area contributed by atoms with Crippen LogP contribution < -0.4 is 5.73 Å². The molecule has 1 fully saturated rings. The molecule has 1 aromatic rings. The second kappa shape index (κ2) is 11.7. The Hall–Kier alpha value is -1.96. The average Bonchev–Trinajstić information content (AvgIpc) is 2.62. The van der Waals surface area contributed by atoms with E-state index in [1.807, 2.05) is 31.2 Å². The van der Waals surface area contributed by atoms with Gasteiger partial charge >= 0.3 is 0 Å². The number of aliphatic carboxylic acids is 1. The molecular weight excluding hydrogens is 348 g/mol. The van der Waals surface area contributed by atoms with Crippen LogP contribution in [-0.2, 0) is 20.9 Å². The maximum atomic E-state index is 12.9. The van der Waals surface area contributed by atoms with Crippen LogP contribution in [0.2, 0.25) is 0 Å². The summed E-state index contributed by atoms with van der Waals surface area (Å²) in [6.45, 7) is 3.98. The smallest absolute Gasteiger partial charge is 0.300 e. The number of nitrogens with two attached hydrogens (primary N) is 1. The number of ether oxygens (including phenoxy) is 1. The molecule has 1 aromatic carbocycles. The molecular formula is C20H32N2O5. The van der Waals surface area contributed by atoms with Crippen molar-refractivity contribution in [3.8, 4) is 0 Å². The van der Waals surface area contributed by atoms with Gasteiger partial charge in [0, 0.05) is 39.1 Å². The molecule has 0 saturated heterocycles. The lowest BCUT2D eigenvalue weighted by atomic mass is 9.83. The zero-order valence-electron chi connectivity index (χ0n) is 16.4. The fourth-order valence-corrected chi connectivity index (χ4v) is 3.33. The number of carboxylic acid groups (broad SMARTS) is 1. The van der Waals surface area contributed by atoms with Crippen molar-refractivity contribution in [1.82, 2.24) is 4.90 Å². The predicted molar refractivity (Wildman–Crippen MR) is 103 cm³/mol. The molecule has 0 bridgehead atoms. The van der Waals surface area contributed by atoms with Gasteiger partial charge < -0.3 is 25.6 Å². The first-order valence-corrected chi connectivity index (χ1v) is 9.22. The Balaban J connectivity index is 0.000000828. The third kappa shape index (κ3) is 7.66. The van der Waals surface area contributed by atoms with Crippen LogP contribution in [0.1, 0.15) is 37.3 Å². The summed E-state index contributed by atoms with van der Waals surface area (Å²) in [5.41, 5.74) is 8.39. The molecule has 1 saturated carbocycles. The Bertz CT molecular complexity index is 604. The van der Waals surface area contributed by atoms with Gasteiger partial charge in [0.15, 0.2) is 0 Å². The van der Waals surface area contributed by atoms with E-state index in [4.69, 9.17) is 20.4 Å². The number of rotatable bonds is 6. The van der Waals surface area contributed by atoms with Crippen LogP contribution in [0.5, 0.6) is 0 Å². The summed E-state index contributed by atoms with van der Waals surface area (Å²) in [5, 5.41) is 16.7. The first kappa shape index (κ1) is 23.1. The topological polar surface area (TPSA) is 113 Å². The molecule has 1 aliphatic rings. The molecule has 0 unspecified atom stereocenters. The molecule has 7 nitrogen and oxygen atoms in total. The number of carbonyl (C=O) groups is 2. The Kier molecular flexibility index (Phi) is 9.99. The molecule has 0 radical (unpaired) electrons. The van der Waals surface area contributed by atoms with Crippen LogP contribution >= 0.6 is 0 Å².